The van der Waals surface area contributed by atoms with Gasteiger partial charge in [-0.25, -0.2) is 4.39 Å². The number of ether oxygens (including phenoxy) is 1. The second kappa shape index (κ2) is 5.52. The van der Waals surface area contributed by atoms with Gasteiger partial charge in [0.25, 0.3) is 5.91 Å². The van der Waals surface area contributed by atoms with Gasteiger partial charge in [-0.15, -0.1) is 0 Å². The van der Waals surface area contributed by atoms with E-state index in [1.54, 1.807) is 0 Å². The quantitative estimate of drug-likeness (QED) is 0.843. The number of carbonyl (C=O) groups is 1. The first-order chi connectivity index (χ1) is 9.52. The van der Waals surface area contributed by atoms with Crippen LogP contribution in [0.1, 0.15) is 10.5 Å². The number of halogens is 2. The van der Waals surface area contributed by atoms with Crippen molar-refractivity contribution in [1.29, 1.82) is 0 Å². The summed E-state index contributed by atoms with van der Waals surface area (Å²) in [7, 11) is 1.45. The third-order valence-corrected chi connectivity index (χ3v) is 2.50. The van der Waals surface area contributed by atoms with Crippen molar-refractivity contribution in [3.63, 3.8) is 0 Å². The van der Waals surface area contributed by atoms with Crippen molar-refractivity contribution in [2.24, 2.45) is 0 Å². The minimum absolute atomic E-state index is 0.0984. The maximum Gasteiger partial charge on any atom is 0.269 e. The van der Waals surface area contributed by atoms with E-state index in [0.717, 1.165) is 0 Å². The second-order valence-electron chi connectivity index (χ2n) is 3.84. The summed E-state index contributed by atoms with van der Waals surface area (Å²) in [6, 6.07) is 5.12. The van der Waals surface area contributed by atoms with Crippen LogP contribution in [-0.4, -0.2) is 17.9 Å². The Kier molecular flexibility index (Phi) is 3.79. The Morgan fingerprint density at radius 2 is 2.05 bits per heavy atom. The molecule has 1 amide bonds. The molecule has 0 radical (unpaired) electrons. The number of nitrogens with zero attached hydrogens (tertiary/aromatic N) is 1. The van der Waals surface area contributed by atoms with Crippen LogP contribution in [0.3, 0.4) is 0 Å². The minimum Gasteiger partial charge on any atom is -0.454 e. The zero-order valence-corrected chi connectivity index (χ0v) is 10.5. The summed E-state index contributed by atoms with van der Waals surface area (Å²) in [6.07, 6.45) is 1.32. The molecule has 0 aliphatic carbocycles. The van der Waals surface area contributed by atoms with E-state index in [4.69, 9.17) is 10.5 Å². The molecule has 0 aliphatic heterocycles. The van der Waals surface area contributed by atoms with Crippen LogP contribution in [-0.2, 0) is 0 Å². The van der Waals surface area contributed by atoms with Gasteiger partial charge in [0.2, 0.25) is 5.82 Å². The molecule has 0 aliphatic rings. The molecule has 0 saturated carbocycles. The number of anilines is 1. The lowest BCUT2D eigenvalue weighted by atomic mass is 10.2. The van der Waals surface area contributed by atoms with Gasteiger partial charge in [0.05, 0.1) is 5.69 Å². The van der Waals surface area contributed by atoms with E-state index in [1.807, 2.05) is 0 Å². The molecule has 1 aromatic carbocycles. The number of amides is 1. The molecule has 1 aromatic heterocycles. The van der Waals surface area contributed by atoms with Gasteiger partial charge < -0.3 is 15.8 Å². The number of carbonyl (C=O) groups excluding carboxylic acids is 1. The highest BCUT2D eigenvalue weighted by Gasteiger charge is 2.14. The summed E-state index contributed by atoms with van der Waals surface area (Å²) < 4.78 is 32.1. The van der Waals surface area contributed by atoms with Crippen LogP contribution in [0, 0.1) is 11.6 Å². The Balaban J connectivity index is 2.31. The van der Waals surface area contributed by atoms with Crippen LogP contribution in [0.5, 0.6) is 11.5 Å². The molecule has 7 heteroatoms. The molecule has 5 nitrogen and oxygen atoms in total. The Bertz CT molecular complexity index is 662. The number of hydrogen-bond acceptors (Lipinski definition) is 4. The van der Waals surface area contributed by atoms with Crippen LogP contribution in [0.4, 0.5) is 14.5 Å². The van der Waals surface area contributed by atoms with E-state index in [9.17, 15) is 13.6 Å². The molecule has 0 fully saturated rings. The molecule has 2 rings (SSSR count). The molecule has 0 unspecified atom stereocenters. The third-order valence-electron chi connectivity index (χ3n) is 2.50. The molecule has 0 spiro atoms. The van der Waals surface area contributed by atoms with Gasteiger partial charge in [-0.1, -0.05) is 0 Å². The summed E-state index contributed by atoms with van der Waals surface area (Å²) in [4.78, 5) is 15.2. The summed E-state index contributed by atoms with van der Waals surface area (Å²) >= 11 is 0. The van der Waals surface area contributed by atoms with E-state index in [0.29, 0.717) is 0 Å². The van der Waals surface area contributed by atoms with Crippen molar-refractivity contribution in [3.8, 4) is 11.5 Å². The standard InChI is InChI=1S/C13H11F2N3O2/c1-17-13(19)9-6-7(4-5-18-9)20-10-3-2-8(16)11(14)12(10)15/h2-6H,16H2,1H3,(H,17,19). The lowest BCUT2D eigenvalue weighted by molar-refractivity contribution is 0.0958. The van der Waals surface area contributed by atoms with Crippen LogP contribution in [0.25, 0.3) is 0 Å². The summed E-state index contributed by atoms with van der Waals surface area (Å²) in [6.45, 7) is 0. The smallest absolute Gasteiger partial charge is 0.269 e. The fourth-order valence-electron chi connectivity index (χ4n) is 1.48. The van der Waals surface area contributed by atoms with Crippen LogP contribution in [0.15, 0.2) is 30.5 Å². The SMILES string of the molecule is CNC(=O)c1cc(Oc2ccc(N)c(F)c2F)ccn1. The molecule has 104 valence electrons. The topological polar surface area (TPSA) is 77.2 Å². The number of aromatic nitrogens is 1. The zero-order chi connectivity index (χ0) is 14.7. The Morgan fingerprint density at radius 1 is 1.30 bits per heavy atom. The maximum atomic E-state index is 13.6. The predicted molar refractivity (Wildman–Crippen MR) is 68.5 cm³/mol. The number of nitrogen functional groups attached to an aromatic ring is 1. The van der Waals surface area contributed by atoms with Crippen LogP contribution in [0.2, 0.25) is 0 Å². The van der Waals surface area contributed by atoms with E-state index < -0.39 is 17.5 Å². The van der Waals surface area contributed by atoms with Gasteiger partial charge in [-0.05, 0) is 18.2 Å². The molecular weight excluding hydrogens is 268 g/mol. The van der Waals surface area contributed by atoms with Crippen molar-refractivity contribution in [2.45, 2.75) is 0 Å². The zero-order valence-electron chi connectivity index (χ0n) is 10.5. The van der Waals surface area contributed by atoms with E-state index in [2.05, 4.69) is 10.3 Å². The molecule has 1 heterocycles. The van der Waals surface area contributed by atoms with Gasteiger partial charge in [0, 0.05) is 19.3 Å². The first-order valence-electron chi connectivity index (χ1n) is 5.62. The minimum atomic E-state index is -1.19. The molecule has 3 N–H and O–H groups in total. The number of nitrogens with one attached hydrogen (secondary N) is 1. The Morgan fingerprint density at radius 3 is 2.75 bits per heavy atom. The number of nitrogens with two attached hydrogens (primary N) is 1. The molecule has 2 aromatic rings. The van der Waals surface area contributed by atoms with Gasteiger partial charge in [-0.2, -0.15) is 4.39 Å². The number of rotatable bonds is 3. The monoisotopic (exact) mass is 279 g/mol. The van der Waals surface area contributed by atoms with Crippen molar-refractivity contribution in [2.75, 3.05) is 12.8 Å². The van der Waals surface area contributed by atoms with Gasteiger partial charge in [-0.3, -0.25) is 9.78 Å². The second-order valence-corrected chi connectivity index (χ2v) is 3.84. The van der Waals surface area contributed by atoms with E-state index >= 15 is 0 Å². The molecular formula is C13H11F2N3O2. The largest absolute Gasteiger partial charge is 0.454 e. The van der Waals surface area contributed by atoms with Gasteiger partial charge >= 0.3 is 0 Å². The average Bonchev–Trinajstić information content (AvgIpc) is 2.47. The molecule has 0 bridgehead atoms. The normalized spacial score (nSPS) is 10.2. The number of hydrogen-bond donors (Lipinski definition) is 2. The van der Waals surface area contributed by atoms with Crippen molar-refractivity contribution >= 4 is 11.6 Å². The van der Waals surface area contributed by atoms with Crippen molar-refractivity contribution in [3.05, 3.63) is 47.8 Å². The number of benzene rings is 1. The Labute approximate surface area is 113 Å². The fraction of sp³-hybridized carbons (Fsp3) is 0.0769. The van der Waals surface area contributed by atoms with Crippen LogP contribution < -0.4 is 15.8 Å². The third kappa shape index (κ3) is 2.66. The maximum absolute atomic E-state index is 13.6. The highest BCUT2D eigenvalue weighted by atomic mass is 19.2. The highest BCUT2D eigenvalue weighted by molar-refractivity contribution is 5.92. The highest BCUT2D eigenvalue weighted by Crippen LogP contribution is 2.28. The van der Waals surface area contributed by atoms with E-state index in [-0.39, 0.29) is 22.9 Å². The lowest BCUT2D eigenvalue weighted by Crippen LogP contribution is -2.18. The van der Waals surface area contributed by atoms with Crippen LogP contribution >= 0.6 is 0 Å². The molecule has 0 saturated heterocycles. The van der Waals surface area contributed by atoms with Crippen molar-refractivity contribution < 1.29 is 18.3 Å². The first-order valence-corrected chi connectivity index (χ1v) is 5.62. The summed E-state index contributed by atoms with van der Waals surface area (Å²) in [5, 5.41) is 2.39. The number of pyridine rings is 1. The first kappa shape index (κ1) is 13.7. The summed E-state index contributed by atoms with van der Waals surface area (Å²) in [5.41, 5.74) is 5.02. The van der Waals surface area contributed by atoms with Crippen molar-refractivity contribution in [1.82, 2.24) is 10.3 Å². The molecule has 0 atom stereocenters. The summed E-state index contributed by atoms with van der Waals surface area (Å²) in [5.74, 6) is -2.96. The van der Waals surface area contributed by atoms with E-state index in [1.165, 1.54) is 37.5 Å². The predicted octanol–water partition coefficient (Wildman–Crippen LogP) is 2.09. The van der Waals surface area contributed by atoms with Gasteiger partial charge in [0.15, 0.2) is 11.6 Å². The van der Waals surface area contributed by atoms with Gasteiger partial charge in [0.1, 0.15) is 11.4 Å². The lowest BCUT2D eigenvalue weighted by Gasteiger charge is -2.09. The Hall–Kier alpha value is -2.70. The average molecular weight is 279 g/mol. The fourth-order valence-corrected chi connectivity index (χ4v) is 1.48. The molecule has 20 heavy (non-hydrogen) atoms.